The Labute approximate surface area is 215 Å². The zero-order chi connectivity index (χ0) is 26.1. The summed E-state index contributed by atoms with van der Waals surface area (Å²) in [7, 11) is 7.04. The Balaban J connectivity index is 1.66. The van der Waals surface area contributed by atoms with E-state index in [0.717, 1.165) is 43.1 Å². The van der Waals surface area contributed by atoms with Crippen molar-refractivity contribution in [3.05, 3.63) is 60.3 Å². The molecule has 0 atom stereocenters. The summed E-state index contributed by atoms with van der Waals surface area (Å²) in [5.41, 5.74) is 10.7. The number of nitrogen functional groups attached to an aromatic ring is 1. The van der Waals surface area contributed by atoms with Crippen LogP contribution in [0.25, 0.3) is 11.0 Å². The van der Waals surface area contributed by atoms with Gasteiger partial charge in [-0.05, 0) is 43.4 Å². The van der Waals surface area contributed by atoms with Gasteiger partial charge >= 0.3 is 5.97 Å². The Morgan fingerprint density at radius 1 is 1.00 bits per heavy atom. The molecule has 0 aliphatic carbocycles. The van der Waals surface area contributed by atoms with Gasteiger partial charge in [0.1, 0.15) is 11.3 Å². The number of benzene rings is 2. The number of anilines is 5. The minimum absolute atomic E-state index is 0.356. The van der Waals surface area contributed by atoms with E-state index in [-0.39, 0.29) is 0 Å². The van der Waals surface area contributed by atoms with Crippen LogP contribution in [-0.4, -0.2) is 72.9 Å². The first kappa shape index (κ1) is 24.4. The third-order valence-electron chi connectivity index (χ3n) is 6.73. The van der Waals surface area contributed by atoms with Gasteiger partial charge in [0.05, 0.1) is 36.7 Å². The molecule has 1 aliphatic heterocycles. The van der Waals surface area contributed by atoms with E-state index < -0.39 is 5.97 Å². The number of methoxy groups -OCH3 is 2. The average molecular weight is 502 g/mol. The lowest BCUT2D eigenvalue weighted by molar-refractivity contribution is 0.0600. The number of carbonyl (C=O) groups is 1. The number of fused-ring (bicyclic) bond motifs is 1. The first-order valence-electron chi connectivity index (χ1n) is 12.1. The topological polar surface area (TPSA) is 102 Å². The number of esters is 1. The molecule has 0 unspecified atom stereocenters. The van der Waals surface area contributed by atoms with Crippen molar-refractivity contribution in [1.29, 1.82) is 0 Å². The third-order valence-corrected chi connectivity index (χ3v) is 6.73. The highest BCUT2D eigenvalue weighted by Gasteiger charge is 2.24. The minimum atomic E-state index is -0.432. The lowest BCUT2D eigenvalue weighted by atomic mass is 10.1. The van der Waals surface area contributed by atoms with Crippen LogP contribution in [-0.2, 0) is 11.8 Å². The highest BCUT2D eigenvalue weighted by atomic mass is 16.5. The predicted molar refractivity (Wildman–Crippen MR) is 145 cm³/mol. The Morgan fingerprint density at radius 2 is 1.78 bits per heavy atom. The molecule has 2 aromatic heterocycles. The molecule has 10 nitrogen and oxygen atoms in total. The molecule has 0 spiro atoms. The van der Waals surface area contributed by atoms with E-state index >= 15 is 0 Å². The molecule has 2 aromatic carbocycles. The summed E-state index contributed by atoms with van der Waals surface area (Å²) in [6, 6.07) is 15.1. The van der Waals surface area contributed by atoms with Crippen molar-refractivity contribution in [2.75, 3.05) is 63.0 Å². The number of nitrogens with zero attached hydrogens (tertiary/aromatic N) is 6. The summed E-state index contributed by atoms with van der Waals surface area (Å²) in [5, 5.41) is 0. The molecule has 5 rings (SSSR count). The van der Waals surface area contributed by atoms with Gasteiger partial charge in [-0.1, -0.05) is 6.07 Å². The second kappa shape index (κ2) is 9.98. The van der Waals surface area contributed by atoms with E-state index in [9.17, 15) is 4.79 Å². The molecule has 1 fully saturated rings. The van der Waals surface area contributed by atoms with Gasteiger partial charge in [-0.15, -0.1) is 0 Å². The van der Waals surface area contributed by atoms with Crippen LogP contribution in [0, 0.1) is 0 Å². The number of likely N-dealkylation sites (N-methyl/N-ethyl adjacent to an activating group) is 1. The second-order valence-corrected chi connectivity index (χ2v) is 9.09. The number of piperazine rings is 1. The van der Waals surface area contributed by atoms with Gasteiger partial charge in [-0.3, -0.25) is 4.90 Å². The van der Waals surface area contributed by atoms with E-state index in [1.165, 1.54) is 7.11 Å². The van der Waals surface area contributed by atoms with Crippen molar-refractivity contribution >= 4 is 45.8 Å². The van der Waals surface area contributed by atoms with E-state index in [0.29, 0.717) is 34.3 Å². The molecule has 0 amide bonds. The lowest BCUT2D eigenvalue weighted by Gasteiger charge is -2.34. The average Bonchev–Trinajstić information content (AvgIpc) is 3.30. The maximum atomic E-state index is 12.3. The number of aromatic nitrogens is 3. The molecular weight excluding hydrogens is 470 g/mol. The van der Waals surface area contributed by atoms with Crippen molar-refractivity contribution < 1.29 is 14.3 Å². The smallest absolute Gasteiger partial charge is 0.337 e. The Morgan fingerprint density at radius 3 is 2.51 bits per heavy atom. The highest BCUT2D eigenvalue weighted by molar-refractivity contribution is 5.93. The third kappa shape index (κ3) is 4.63. The monoisotopic (exact) mass is 501 g/mol. The van der Waals surface area contributed by atoms with Gasteiger partial charge in [0.2, 0.25) is 5.95 Å². The van der Waals surface area contributed by atoms with E-state index in [2.05, 4.69) is 27.9 Å². The largest absolute Gasteiger partial charge is 0.494 e. The number of rotatable bonds is 6. The normalized spacial score (nSPS) is 14.1. The zero-order valence-corrected chi connectivity index (χ0v) is 21.5. The first-order valence-corrected chi connectivity index (χ1v) is 12.1. The van der Waals surface area contributed by atoms with Crippen LogP contribution in [0.4, 0.5) is 28.8 Å². The molecule has 1 saturated heterocycles. The molecule has 0 radical (unpaired) electrons. The minimum Gasteiger partial charge on any atom is -0.494 e. The van der Waals surface area contributed by atoms with Crippen LogP contribution in [0.3, 0.4) is 0 Å². The fourth-order valence-corrected chi connectivity index (χ4v) is 4.68. The molecular formula is C27H31N7O3. The van der Waals surface area contributed by atoms with Crippen LogP contribution in [0.1, 0.15) is 10.4 Å². The summed E-state index contributed by atoms with van der Waals surface area (Å²) in [6.45, 7) is 3.88. The summed E-state index contributed by atoms with van der Waals surface area (Å²) in [6.07, 6.45) is 1.90. The number of aryl methyl sites for hydroxylation is 1. The Hall–Kier alpha value is -4.31. The molecule has 0 bridgehead atoms. The molecule has 4 aromatic rings. The molecule has 10 heteroatoms. The summed E-state index contributed by atoms with van der Waals surface area (Å²) in [4.78, 5) is 28.3. The first-order chi connectivity index (χ1) is 17.9. The number of carbonyl (C=O) groups excluding carboxylic acids is 1. The number of hydrogen-bond acceptors (Lipinski definition) is 9. The maximum Gasteiger partial charge on any atom is 0.337 e. The van der Waals surface area contributed by atoms with Crippen LogP contribution in [0.2, 0.25) is 0 Å². The standard InChI is InChI=1S/C27H31N7O3/c1-31-12-14-33(15-13-31)19-8-9-22(23(17-19)36-3)34(20-7-5-6-18(16-20)26(35)37-4)27-29-21-10-11-32(2)24(21)25(28)30-27/h5-11,16-17H,12-15H2,1-4H3,(H2,28,29,30). The van der Waals surface area contributed by atoms with Crippen LogP contribution in [0.15, 0.2) is 54.7 Å². The number of hydrogen-bond donors (Lipinski definition) is 1. The van der Waals surface area contributed by atoms with Gasteiger partial charge in [0, 0.05) is 51.2 Å². The van der Waals surface area contributed by atoms with Crippen LogP contribution in [0.5, 0.6) is 5.75 Å². The molecule has 1 aliphatic rings. The van der Waals surface area contributed by atoms with Crippen molar-refractivity contribution in [2.45, 2.75) is 0 Å². The van der Waals surface area contributed by atoms with Gasteiger partial charge in [-0.2, -0.15) is 4.98 Å². The molecule has 2 N–H and O–H groups in total. The van der Waals surface area contributed by atoms with Crippen LogP contribution >= 0.6 is 0 Å². The fourth-order valence-electron chi connectivity index (χ4n) is 4.68. The summed E-state index contributed by atoms with van der Waals surface area (Å²) < 4.78 is 12.7. The molecule has 0 saturated carbocycles. The maximum absolute atomic E-state index is 12.3. The van der Waals surface area contributed by atoms with Crippen molar-refractivity contribution in [2.24, 2.45) is 7.05 Å². The van der Waals surface area contributed by atoms with Crippen molar-refractivity contribution in [3.63, 3.8) is 0 Å². The van der Waals surface area contributed by atoms with Gasteiger partial charge < -0.3 is 29.6 Å². The molecule has 37 heavy (non-hydrogen) atoms. The summed E-state index contributed by atoms with van der Waals surface area (Å²) in [5.74, 6) is 0.937. The Bertz CT molecular complexity index is 1440. The zero-order valence-electron chi connectivity index (χ0n) is 21.5. The van der Waals surface area contributed by atoms with Gasteiger partial charge in [0.15, 0.2) is 5.82 Å². The quantitative estimate of drug-likeness (QED) is 0.397. The van der Waals surface area contributed by atoms with Gasteiger partial charge in [-0.25, -0.2) is 9.78 Å². The Kier molecular flexibility index (Phi) is 6.58. The van der Waals surface area contributed by atoms with Gasteiger partial charge in [0.25, 0.3) is 0 Å². The fraction of sp³-hybridized carbons (Fsp3) is 0.296. The van der Waals surface area contributed by atoms with E-state index in [1.807, 2.05) is 47.0 Å². The predicted octanol–water partition coefficient (Wildman–Crippen LogP) is 3.57. The van der Waals surface area contributed by atoms with Crippen LogP contribution < -0.4 is 20.3 Å². The molecule has 192 valence electrons. The lowest BCUT2D eigenvalue weighted by Crippen LogP contribution is -2.44. The van der Waals surface area contributed by atoms with E-state index in [1.54, 1.807) is 25.3 Å². The number of nitrogens with two attached hydrogens (primary N) is 1. The van der Waals surface area contributed by atoms with Crippen molar-refractivity contribution in [1.82, 2.24) is 19.4 Å². The van der Waals surface area contributed by atoms with Crippen molar-refractivity contribution in [3.8, 4) is 5.75 Å². The summed E-state index contributed by atoms with van der Waals surface area (Å²) >= 11 is 0. The number of ether oxygens (including phenoxy) is 2. The SMILES string of the molecule is COC(=O)c1cccc(N(c2nc(N)c3c(ccn3C)n2)c2ccc(N3CCN(C)CC3)cc2OC)c1. The highest BCUT2D eigenvalue weighted by Crippen LogP contribution is 2.41. The second-order valence-electron chi connectivity index (χ2n) is 9.09. The van der Waals surface area contributed by atoms with E-state index in [4.69, 9.17) is 20.2 Å². The molecule has 3 heterocycles.